The smallest absolute Gasteiger partial charge is 0.344 e. The summed E-state index contributed by atoms with van der Waals surface area (Å²) in [6.45, 7) is 8.99. The molecule has 0 radical (unpaired) electrons. The predicted molar refractivity (Wildman–Crippen MR) is 80.0 cm³/mol. The first-order chi connectivity index (χ1) is 9.31. The molecule has 0 saturated carbocycles. The molecule has 0 bridgehead atoms. The molecule has 0 aromatic heterocycles. The average molecular weight is 279 g/mol. The predicted octanol–water partition coefficient (Wildman–Crippen LogP) is 3.21. The molecular weight excluding hydrogens is 254 g/mol. The summed E-state index contributed by atoms with van der Waals surface area (Å²) in [4.78, 5) is 11.1. The quantitative estimate of drug-likeness (QED) is 0.804. The molecule has 2 N–H and O–H groups in total. The van der Waals surface area contributed by atoms with Crippen LogP contribution in [0.5, 0.6) is 5.75 Å². The van der Waals surface area contributed by atoms with Gasteiger partial charge in [0.25, 0.3) is 0 Å². The summed E-state index contributed by atoms with van der Waals surface area (Å²) in [5, 5.41) is 12.5. The van der Waals surface area contributed by atoms with Crippen LogP contribution in [0.2, 0.25) is 0 Å². The van der Waals surface area contributed by atoms with Gasteiger partial charge in [0.05, 0.1) is 0 Å². The molecule has 0 aliphatic carbocycles. The third-order valence-electron chi connectivity index (χ3n) is 2.83. The van der Waals surface area contributed by atoms with Crippen molar-refractivity contribution in [3.05, 3.63) is 29.8 Å². The Labute approximate surface area is 121 Å². The summed E-state index contributed by atoms with van der Waals surface area (Å²) >= 11 is 0. The Bertz CT molecular complexity index is 438. The minimum absolute atomic E-state index is 0.0443. The molecule has 1 aromatic rings. The van der Waals surface area contributed by atoms with Crippen LogP contribution in [0.25, 0.3) is 0 Å². The van der Waals surface area contributed by atoms with Gasteiger partial charge in [-0.3, -0.25) is 0 Å². The van der Waals surface area contributed by atoms with Gasteiger partial charge in [-0.15, -0.1) is 0 Å². The second-order valence-corrected chi connectivity index (χ2v) is 5.98. The zero-order valence-electron chi connectivity index (χ0n) is 12.8. The lowest BCUT2D eigenvalue weighted by Crippen LogP contribution is -2.35. The van der Waals surface area contributed by atoms with E-state index in [1.807, 2.05) is 25.1 Å². The molecule has 0 aliphatic heterocycles. The second-order valence-electron chi connectivity index (χ2n) is 5.98. The van der Waals surface area contributed by atoms with Crippen molar-refractivity contribution in [2.24, 2.45) is 0 Å². The Morgan fingerprint density at radius 3 is 2.65 bits per heavy atom. The van der Waals surface area contributed by atoms with Crippen LogP contribution in [-0.2, 0) is 11.3 Å². The van der Waals surface area contributed by atoms with E-state index >= 15 is 0 Å². The third-order valence-corrected chi connectivity index (χ3v) is 2.83. The highest BCUT2D eigenvalue weighted by atomic mass is 16.5. The van der Waals surface area contributed by atoms with Crippen molar-refractivity contribution in [2.45, 2.75) is 58.7 Å². The van der Waals surface area contributed by atoms with Gasteiger partial charge in [-0.05, 0) is 44.9 Å². The number of carbonyl (C=O) groups is 1. The summed E-state index contributed by atoms with van der Waals surface area (Å²) in [6.07, 6.45) is 0.521. The lowest BCUT2D eigenvalue weighted by molar-refractivity contribution is -0.145. The first-order valence-corrected chi connectivity index (χ1v) is 7.05. The van der Waals surface area contributed by atoms with Crippen molar-refractivity contribution in [3.8, 4) is 5.75 Å². The van der Waals surface area contributed by atoms with Crippen molar-refractivity contribution >= 4 is 5.97 Å². The fraction of sp³-hybridized carbons (Fsp3) is 0.562. The SMILES string of the molecule is CCCC(Oc1cccc(CNC(C)(C)C)c1)C(=O)O. The number of carboxylic acids is 1. The van der Waals surface area contributed by atoms with Crippen LogP contribution in [0.4, 0.5) is 0 Å². The summed E-state index contributed by atoms with van der Waals surface area (Å²) < 4.78 is 5.56. The minimum atomic E-state index is -0.912. The van der Waals surface area contributed by atoms with E-state index in [1.54, 1.807) is 6.07 Å². The van der Waals surface area contributed by atoms with Gasteiger partial charge in [-0.1, -0.05) is 25.5 Å². The zero-order chi connectivity index (χ0) is 15.2. The van der Waals surface area contributed by atoms with Gasteiger partial charge in [-0.25, -0.2) is 4.79 Å². The van der Waals surface area contributed by atoms with Gasteiger partial charge in [0, 0.05) is 12.1 Å². The highest BCUT2D eigenvalue weighted by molar-refractivity contribution is 5.72. The molecule has 0 saturated heterocycles. The van der Waals surface area contributed by atoms with Crippen LogP contribution in [0, 0.1) is 0 Å². The third kappa shape index (κ3) is 6.06. The Balaban J connectivity index is 2.69. The highest BCUT2D eigenvalue weighted by Gasteiger charge is 2.18. The molecule has 112 valence electrons. The lowest BCUT2D eigenvalue weighted by atomic mass is 10.1. The maximum absolute atomic E-state index is 11.1. The molecule has 4 nitrogen and oxygen atoms in total. The van der Waals surface area contributed by atoms with Crippen LogP contribution in [-0.4, -0.2) is 22.7 Å². The van der Waals surface area contributed by atoms with E-state index in [2.05, 4.69) is 26.1 Å². The molecule has 4 heteroatoms. The molecule has 0 heterocycles. The van der Waals surface area contributed by atoms with Crippen molar-refractivity contribution in [1.82, 2.24) is 5.32 Å². The standard InChI is InChI=1S/C16H25NO3/c1-5-7-14(15(18)19)20-13-9-6-8-12(10-13)11-17-16(2,3)4/h6,8-10,14,17H,5,7,11H2,1-4H3,(H,18,19). The van der Waals surface area contributed by atoms with E-state index in [4.69, 9.17) is 9.84 Å². The Morgan fingerprint density at radius 1 is 1.40 bits per heavy atom. The number of hydrogen-bond acceptors (Lipinski definition) is 3. The van der Waals surface area contributed by atoms with Crippen molar-refractivity contribution in [2.75, 3.05) is 0 Å². The number of ether oxygens (including phenoxy) is 1. The topological polar surface area (TPSA) is 58.6 Å². The molecule has 1 rings (SSSR count). The van der Waals surface area contributed by atoms with E-state index in [1.165, 1.54) is 0 Å². The van der Waals surface area contributed by atoms with Gasteiger partial charge in [0.15, 0.2) is 6.10 Å². The number of hydrogen-bond donors (Lipinski definition) is 2. The number of nitrogens with one attached hydrogen (secondary N) is 1. The van der Waals surface area contributed by atoms with Crippen molar-refractivity contribution in [1.29, 1.82) is 0 Å². The summed E-state index contributed by atoms with van der Waals surface area (Å²) in [6, 6.07) is 7.58. The monoisotopic (exact) mass is 279 g/mol. The molecule has 0 fully saturated rings. The van der Waals surface area contributed by atoms with Gasteiger partial charge in [0.1, 0.15) is 5.75 Å². The maximum atomic E-state index is 11.1. The molecule has 0 spiro atoms. The number of rotatable bonds is 7. The molecule has 1 unspecified atom stereocenters. The molecule has 0 amide bonds. The molecule has 0 aliphatic rings. The van der Waals surface area contributed by atoms with Crippen LogP contribution in [0.1, 0.15) is 46.1 Å². The summed E-state index contributed by atoms with van der Waals surface area (Å²) in [5.74, 6) is -0.302. The van der Waals surface area contributed by atoms with Crippen LogP contribution in [0.3, 0.4) is 0 Å². The van der Waals surface area contributed by atoms with Gasteiger partial charge in [0.2, 0.25) is 0 Å². The highest BCUT2D eigenvalue weighted by Crippen LogP contribution is 2.17. The zero-order valence-corrected chi connectivity index (χ0v) is 12.8. The molecular formula is C16H25NO3. The van der Waals surface area contributed by atoms with Crippen molar-refractivity contribution in [3.63, 3.8) is 0 Å². The van der Waals surface area contributed by atoms with E-state index in [0.717, 1.165) is 18.5 Å². The molecule has 1 atom stereocenters. The van der Waals surface area contributed by atoms with E-state index in [9.17, 15) is 4.79 Å². The second kappa shape index (κ2) is 7.29. The largest absolute Gasteiger partial charge is 0.479 e. The minimum Gasteiger partial charge on any atom is -0.479 e. The van der Waals surface area contributed by atoms with Crippen LogP contribution < -0.4 is 10.1 Å². The van der Waals surface area contributed by atoms with Gasteiger partial charge in [-0.2, -0.15) is 0 Å². The van der Waals surface area contributed by atoms with E-state index in [-0.39, 0.29) is 5.54 Å². The first-order valence-electron chi connectivity index (χ1n) is 7.05. The number of carboxylic acid groups (broad SMARTS) is 1. The fourth-order valence-electron chi connectivity index (χ4n) is 1.76. The van der Waals surface area contributed by atoms with Gasteiger partial charge < -0.3 is 15.2 Å². The fourth-order valence-corrected chi connectivity index (χ4v) is 1.76. The summed E-state index contributed by atoms with van der Waals surface area (Å²) in [5.41, 5.74) is 1.13. The molecule has 20 heavy (non-hydrogen) atoms. The van der Waals surface area contributed by atoms with Crippen molar-refractivity contribution < 1.29 is 14.6 Å². The number of aliphatic carboxylic acids is 1. The Hall–Kier alpha value is -1.55. The van der Waals surface area contributed by atoms with Crippen LogP contribution >= 0.6 is 0 Å². The summed E-state index contributed by atoms with van der Waals surface area (Å²) in [7, 11) is 0. The van der Waals surface area contributed by atoms with E-state index < -0.39 is 12.1 Å². The van der Waals surface area contributed by atoms with E-state index in [0.29, 0.717) is 12.2 Å². The van der Waals surface area contributed by atoms with Gasteiger partial charge >= 0.3 is 5.97 Å². The lowest BCUT2D eigenvalue weighted by Gasteiger charge is -2.21. The maximum Gasteiger partial charge on any atom is 0.344 e. The Kier molecular flexibility index (Phi) is 6.02. The first kappa shape index (κ1) is 16.5. The number of benzene rings is 1. The van der Waals surface area contributed by atoms with Crippen LogP contribution in [0.15, 0.2) is 24.3 Å². The molecule has 1 aromatic carbocycles. The Morgan fingerprint density at radius 2 is 2.10 bits per heavy atom. The normalized spacial score (nSPS) is 13.0. The average Bonchev–Trinajstić information content (AvgIpc) is 2.35.